The largest absolute Gasteiger partial charge is 0.491 e. The van der Waals surface area contributed by atoms with Crippen molar-refractivity contribution < 1.29 is 14.6 Å². The average Bonchev–Trinajstić information content (AvgIpc) is 2.78. The van der Waals surface area contributed by atoms with Gasteiger partial charge in [0.1, 0.15) is 11.8 Å². The van der Waals surface area contributed by atoms with Crippen molar-refractivity contribution in [2.24, 2.45) is 0 Å². The van der Waals surface area contributed by atoms with Crippen LogP contribution in [0.1, 0.15) is 41.7 Å². The molecule has 3 rings (SSSR count). The monoisotopic (exact) mass is 293 g/mol. The predicted octanol–water partition coefficient (Wildman–Crippen LogP) is -0.0280. The minimum Gasteiger partial charge on any atom is -0.491 e. The molecule has 0 radical (unpaired) electrons. The van der Waals surface area contributed by atoms with Gasteiger partial charge in [-0.05, 0) is 20.8 Å². The zero-order valence-electron chi connectivity index (χ0n) is 12.8. The van der Waals surface area contributed by atoms with Crippen molar-refractivity contribution in [1.29, 1.82) is 0 Å². The van der Waals surface area contributed by atoms with E-state index in [0.717, 1.165) is 0 Å². The summed E-state index contributed by atoms with van der Waals surface area (Å²) in [5.74, 6) is -0.261. The van der Waals surface area contributed by atoms with E-state index in [0.29, 0.717) is 17.8 Å². The molecule has 2 aliphatic rings. The van der Waals surface area contributed by atoms with E-state index in [1.165, 1.54) is 7.11 Å². The van der Waals surface area contributed by atoms with Gasteiger partial charge in [-0.2, -0.15) is 0 Å². The van der Waals surface area contributed by atoms with Crippen LogP contribution in [0.2, 0.25) is 0 Å². The molecule has 0 aromatic carbocycles. The number of carbonyl (C=O) groups excluding carboxylic acids is 1. The first kappa shape index (κ1) is 13.9. The van der Waals surface area contributed by atoms with Crippen molar-refractivity contribution in [3.8, 4) is 5.75 Å². The van der Waals surface area contributed by atoms with Crippen LogP contribution in [-0.4, -0.2) is 47.0 Å². The van der Waals surface area contributed by atoms with Crippen LogP contribution in [0, 0.1) is 6.92 Å². The summed E-state index contributed by atoms with van der Waals surface area (Å²) in [6.45, 7) is 5.77. The minimum absolute atomic E-state index is 0.0303. The van der Waals surface area contributed by atoms with Crippen LogP contribution in [0.15, 0.2) is 4.79 Å². The van der Waals surface area contributed by atoms with Crippen LogP contribution in [-0.2, 0) is 0 Å². The summed E-state index contributed by atoms with van der Waals surface area (Å²) < 4.78 is 6.84. The number of rotatable bonds is 1. The third kappa shape index (κ3) is 1.47. The number of hydrogen-bond acceptors (Lipinski definition) is 5. The quantitative estimate of drug-likeness (QED) is 0.787. The van der Waals surface area contributed by atoms with E-state index in [1.807, 2.05) is 18.9 Å². The van der Waals surface area contributed by atoms with Crippen LogP contribution in [0.25, 0.3) is 0 Å². The van der Waals surface area contributed by atoms with E-state index in [2.05, 4.69) is 0 Å². The van der Waals surface area contributed by atoms with Crippen LogP contribution < -0.4 is 15.2 Å². The fraction of sp³-hybridized carbons (Fsp3) is 0.571. The number of methoxy groups -OCH3 is 1. The maximum absolute atomic E-state index is 12.7. The lowest BCUT2D eigenvalue weighted by Crippen LogP contribution is -2.65. The van der Waals surface area contributed by atoms with Crippen LogP contribution in [0.5, 0.6) is 5.75 Å². The number of hydrogen-bond donors (Lipinski definition) is 1. The summed E-state index contributed by atoms with van der Waals surface area (Å²) in [5.41, 5.74) is 0.120. The number of pyridine rings is 1. The Morgan fingerprint density at radius 1 is 1.33 bits per heavy atom. The van der Waals surface area contributed by atoms with Crippen molar-refractivity contribution in [1.82, 2.24) is 9.58 Å². The van der Waals surface area contributed by atoms with E-state index in [1.54, 1.807) is 23.5 Å². The van der Waals surface area contributed by atoms with Crippen molar-refractivity contribution >= 4 is 5.91 Å². The van der Waals surface area contributed by atoms with Crippen molar-refractivity contribution in [2.45, 2.75) is 32.5 Å². The maximum atomic E-state index is 12.7. The highest BCUT2D eigenvalue weighted by molar-refractivity contribution is 5.97. The van der Waals surface area contributed by atoms with Crippen molar-refractivity contribution in [2.75, 3.05) is 25.7 Å². The Hall–Kier alpha value is -2.02. The highest BCUT2D eigenvalue weighted by atomic mass is 16.5. The van der Waals surface area contributed by atoms with E-state index in [9.17, 15) is 14.7 Å². The predicted molar refractivity (Wildman–Crippen MR) is 76.2 cm³/mol. The zero-order valence-corrected chi connectivity index (χ0v) is 12.8. The number of carbonyl (C=O) groups is 1. The molecule has 0 spiro atoms. The van der Waals surface area contributed by atoms with Gasteiger partial charge in [0.25, 0.3) is 5.91 Å². The molecule has 1 aromatic heterocycles. The van der Waals surface area contributed by atoms with Crippen LogP contribution in [0.3, 0.4) is 0 Å². The number of aromatic nitrogens is 1. The Morgan fingerprint density at radius 2 is 1.95 bits per heavy atom. The van der Waals surface area contributed by atoms with Crippen molar-refractivity contribution in [3.05, 3.63) is 27.2 Å². The molecule has 1 amide bonds. The van der Waals surface area contributed by atoms with Gasteiger partial charge < -0.3 is 14.7 Å². The Morgan fingerprint density at radius 3 is 2.52 bits per heavy atom. The summed E-state index contributed by atoms with van der Waals surface area (Å²) >= 11 is 0. The molecule has 2 aliphatic heterocycles. The lowest BCUT2D eigenvalue weighted by atomic mass is 10.1. The van der Waals surface area contributed by atoms with Gasteiger partial charge in [-0.15, -0.1) is 0 Å². The lowest BCUT2D eigenvalue weighted by Gasteiger charge is -2.49. The third-order valence-electron chi connectivity index (χ3n) is 4.65. The Bertz CT molecular complexity index is 707. The zero-order chi connectivity index (χ0) is 15.7. The molecule has 114 valence electrons. The smallest absolute Gasteiger partial charge is 0.278 e. The highest BCUT2D eigenvalue weighted by Crippen LogP contribution is 2.38. The number of aliphatic hydroxyl groups is 1. The average molecular weight is 293 g/mol. The molecule has 1 N–H and O–H groups in total. The topological polar surface area (TPSA) is 75.0 Å². The van der Waals surface area contributed by atoms with Gasteiger partial charge in [0, 0.05) is 12.6 Å². The van der Waals surface area contributed by atoms with E-state index in [4.69, 9.17) is 4.74 Å². The summed E-state index contributed by atoms with van der Waals surface area (Å²) in [7, 11) is 3.06. The van der Waals surface area contributed by atoms with Gasteiger partial charge in [0.2, 0.25) is 5.43 Å². The first-order valence-corrected chi connectivity index (χ1v) is 6.81. The number of ether oxygens (including phenoxy) is 1. The first-order chi connectivity index (χ1) is 9.73. The number of nitrogens with zero attached hydrogens (tertiary/aromatic N) is 3. The Labute approximate surface area is 122 Å². The highest BCUT2D eigenvalue weighted by Gasteiger charge is 2.49. The second kappa shape index (κ2) is 4.00. The molecular weight excluding hydrogens is 274 g/mol. The number of amides is 1. The summed E-state index contributed by atoms with van der Waals surface area (Å²) in [4.78, 5) is 26.6. The molecule has 1 atom stereocenters. The van der Waals surface area contributed by atoms with Crippen molar-refractivity contribution in [3.63, 3.8) is 0 Å². The molecule has 0 aliphatic carbocycles. The fourth-order valence-corrected chi connectivity index (χ4v) is 3.17. The summed E-state index contributed by atoms with van der Waals surface area (Å²) in [6.07, 6.45) is -0.805. The second-order valence-corrected chi connectivity index (χ2v) is 5.99. The van der Waals surface area contributed by atoms with Crippen LogP contribution >= 0.6 is 0 Å². The van der Waals surface area contributed by atoms with Gasteiger partial charge >= 0.3 is 0 Å². The molecule has 0 saturated heterocycles. The minimum atomic E-state index is -0.805. The molecule has 1 aromatic rings. The molecule has 21 heavy (non-hydrogen) atoms. The molecule has 0 saturated carbocycles. The fourth-order valence-electron chi connectivity index (χ4n) is 3.17. The van der Waals surface area contributed by atoms with E-state index >= 15 is 0 Å². The number of aliphatic hydroxyl groups excluding tert-OH is 1. The Balaban J connectivity index is 2.47. The third-order valence-corrected chi connectivity index (χ3v) is 4.65. The van der Waals surface area contributed by atoms with Gasteiger partial charge in [-0.3, -0.25) is 14.6 Å². The van der Waals surface area contributed by atoms with Gasteiger partial charge in [-0.1, -0.05) is 0 Å². The summed E-state index contributed by atoms with van der Waals surface area (Å²) in [6, 6.07) is 0. The SMILES string of the molecule is COc1c2n3c(c(C)c1=O)C(O)CN3C(C)(C)N(C)C2=O. The molecule has 7 nitrogen and oxygen atoms in total. The molecular formula is C14H19N3O4. The first-order valence-electron chi connectivity index (χ1n) is 6.81. The summed E-state index contributed by atoms with van der Waals surface area (Å²) in [5, 5.41) is 12.2. The standard InChI is InChI=1S/C14H19N3O4/c1-7-9-8(18)6-16-14(2,3)15(4)13(20)10(17(9)16)12(21-5)11(7)19/h8,18H,6H2,1-5H3. The van der Waals surface area contributed by atoms with E-state index < -0.39 is 11.8 Å². The Kier molecular flexibility index (Phi) is 2.66. The maximum Gasteiger partial charge on any atom is 0.278 e. The molecule has 3 heterocycles. The van der Waals surface area contributed by atoms with Crippen LogP contribution in [0.4, 0.5) is 0 Å². The molecule has 7 heteroatoms. The normalized spacial score (nSPS) is 22.6. The lowest BCUT2D eigenvalue weighted by molar-refractivity contribution is 0.0475. The molecule has 1 unspecified atom stereocenters. The molecule has 0 fully saturated rings. The molecule has 0 bridgehead atoms. The second-order valence-electron chi connectivity index (χ2n) is 5.99. The van der Waals surface area contributed by atoms with Gasteiger partial charge in [0.15, 0.2) is 11.4 Å². The van der Waals surface area contributed by atoms with Gasteiger partial charge in [-0.25, -0.2) is 4.68 Å². The van der Waals surface area contributed by atoms with E-state index in [-0.39, 0.29) is 22.8 Å². The van der Waals surface area contributed by atoms with Gasteiger partial charge in [0.05, 0.1) is 19.3 Å².